The van der Waals surface area contributed by atoms with Crippen LogP contribution >= 0.6 is 0 Å². The molecule has 0 bridgehead atoms. The Hall–Kier alpha value is -2.60. The highest BCUT2D eigenvalue weighted by atomic mass is 32.2. The third-order valence-corrected chi connectivity index (χ3v) is 7.07. The summed E-state index contributed by atoms with van der Waals surface area (Å²) in [7, 11) is -3.73. The molecule has 0 unspecified atom stereocenters. The molecule has 0 radical (unpaired) electrons. The van der Waals surface area contributed by atoms with Gasteiger partial charge in [-0.15, -0.1) is 0 Å². The standard InChI is InChI=1S/C21H22N2O3S/c1-13(2)23-14(3)11-17(15(23)4)19(24)12-22-18-9-5-7-16-8-6-10-20(21(16)18)27(22,25)26/h5-11,13H,12H2,1-4H3. The summed E-state index contributed by atoms with van der Waals surface area (Å²) >= 11 is 0. The van der Waals surface area contributed by atoms with E-state index in [1.807, 2.05) is 38.1 Å². The van der Waals surface area contributed by atoms with E-state index in [4.69, 9.17) is 0 Å². The van der Waals surface area contributed by atoms with Crippen molar-refractivity contribution in [2.45, 2.75) is 38.6 Å². The Bertz CT molecular complexity index is 1180. The van der Waals surface area contributed by atoms with Crippen LogP contribution in [0.3, 0.4) is 0 Å². The smallest absolute Gasteiger partial charge is 0.265 e. The molecular formula is C21H22N2O3S. The molecule has 1 aliphatic rings. The molecule has 1 aromatic heterocycles. The lowest BCUT2D eigenvalue weighted by Gasteiger charge is -2.18. The van der Waals surface area contributed by atoms with Crippen molar-refractivity contribution in [3.8, 4) is 0 Å². The van der Waals surface area contributed by atoms with Gasteiger partial charge in [-0.05, 0) is 51.3 Å². The van der Waals surface area contributed by atoms with E-state index in [0.29, 0.717) is 16.6 Å². The van der Waals surface area contributed by atoms with Gasteiger partial charge in [0.25, 0.3) is 10.0 Å². The normalized spacial score (nSPS) is 15.1. The van der Waals surface area contributed by atoms with Gasteiger partial charge in [0, 0.05) is 28.4 Å². The maximum absolute atomic E-state index is 13.1. The topological polar surface area (TPSA) is 59.4 Å². The number of ketones is 1. The van der Waals surface area contributed by atoms with E-state index in [1.54, 1.807) is 18.2 Å². The van der Waals surface area contributed by atoms with E-state index in [9.17, 15) is 13.2 Å². The predicted molar refractivity (Wildman–Crippen MR) is 107 cm³/mol. The molecule has 0 fully saturated rings. The number of nitrogens with zero attached hydrogens (tertiary/aromatic N) is 2. The zero-order valence-corrected chi connectivity index (χ0v) is 16.7. The lowest BCUT2D eigenvalue weighted by molar-refractivity contribution is 0.100. The van der Waals surface area contributed by atoms with Gasteiger partial charge in [-0.2, -0.15) is 0 Å². The van der Waals surface area contributed by atoms with Gasteiger partial charge in [0.15, 0.2) is 5.78 Å². The number of Topliss-reactive ketones (excluding diaryl/α,β-unsaturated/α-hetero) is 1. The zero-order chi connectivity index (χ0) is 19.5. The third kappa shape index (κ3) is 2.51. The lowest BCUT2D eigenvalue weighted by atomic mass is 10.1. The average Bonchev–Trinajstić information content (AvgIpc) is 3.03. The fourth-order valence-corrected chi connectivity index (χ4v) is 5.86. The summed E-state index contributed by atoms with van der Waals surface area (Å²) in [5.74, 6) is -0.191. The van der Waals surface area contributed by atoms with Gasteiger partial charge in [0.2, 0.25) is 0 Å². The van der Waals surface area contributed by atoms with E-state index >= 15 is 0 Å². The van der Waals surface area contributed by atoms with Crippen LogP contribution in [-0.2, 0) is 10.0 Å². The van der Waals surface area contributed by atoms with Gasteiger partial charge in [0.1, 0.15) is 0 Å². The molecule has 4 rings (SSSR count). The first-order chi connectivity index (χ1) is 12.7. The minimum Gasteiger partial charge on any atom is -0.346 e. The largest absolute Gasteiger partial charge is 0.346 e. The Morgan fingerprint density at radius 1 is 1.07 bits per heavy atom. The molecule has 3 aromatic rings. The first-order valence-electron chi connectivity index (χ1n) is 8.99. The van der Waals surface area contributed by atoms with E-state index in [1.165, 1.54) is 4.31 Å². The number of aromatic nitrogens is 1. The van der Waals surface area contributed by atoms with E-state index < -0.39 is 10.0 Å². The molecule has 0 spiro atoms. The Morgan fingerprint density at radius 2 is 1.74 bits per heavy atom. The van der Waals surface area contributed by atoms with Crippen molar-refractivity contribution in [3.05, 3.63) is 59.4 Å². The molecule has 1 aliphatic heterocycles. The van der Waals surface area contributed by atoms with Gasteiger partial charge in [-0.25, -0.2) is 8.42 Å². The number of hydrogen-bond acceptors (Lipinski definition) is 3. The Labute approximate surface area is 159 Å². The number of benzene rings is 2. The number of aryl methyl sites for hydroxylation is 1. The predicted octanol–water partition coefficient (Wildman–Crippen LogP) is 4.23. The fraction of sp³-hybridized carbons (Fsp3) is 0.286. The van der Waals surface area contributed by atoms with Crippen molar-refractivity contribution < 1.29 is 13.2 Å². The van der Waals surface area contributed by atoms with E-state index in [0.717, 1.165) is 16.8 Å². The summed E-state index contributed by atoms with van der Waals surface area (Å²) in [5, 5.41) is 1.56. The maximum atomic E-state index is 13.1. The molecule has 5 nitrogen and oxygen atoms in total. The summed E-state index contributed by atoms with van der Waals surface area (Å²) in [6.45, 7) is 7.81. The number of anilines is 1. The van der Waals surface area contributed by atoms with Crippen molar-refractivity contribution in [3.63, 3.8) is 0 Å². The molecular weight excluding hydrogens is 360 g/mol. The van der Waals surface area contributed by atoms with Crippen LogP contribution in [0, 0.1) is 13.8 Å². The second kappa shape index (κ2) is 5.96. The second-order valence-corrected chi connectivity index (χ2v) is 9.15. The molecule has 27 heavy (non-hydrogen) atoms. The van der Waals surface area contributed by atoms with Crippen LogP contribution in [-0.4, -0.2) is 25.3 Å². The molecule has 0 saturated carbocycles. The summed E-state index contributed by atoms with van der Waals surface area (Å²) < 4.78 is 29.5. The number of rotatable bonds is 4. The SMILES string of the molecule is Cc1cc(C(=O)CN2c3cccc4cccc(c34)S2(=O)=O)c(C)n1C(C)C. The van der Waals surface area contributed by atoms with Gasteiger partial charge in [0.05, 0.1) is 17.1 Å². The quantitative estimate of drug-likeness (QED) is 0.635. The Morgan fingerprint density at radius 3 is 2.37 bits per heavy atom. The van der Waals surface area contributed by atoms with Crippen molar-refractivity contribution >= 4 is 32.3 Å². The highest BCUT2D eigenvalue weighted by Gasteiger charge is 2.37. The van der Waals surface area contributed by atoms with Crippen LogP contribution in [0.5, 0.6) is 0 Å². The first-order valence-corrected chi connectivity index (χ1v) is 10.4. The highest BCUT2D eigenvalue weighted by molar-refractivity contribution is 7.93. The monoisotopic (exact) mass is 382 g/mol. The molecule has 0 N–H and O–H groups in total. The maximum Gasteiger partial charge on any atom is 0.265 e. The fourth-order valence-electron chi connectivity index (χ4n) is 4.20. The van der Waals surface area contributed by atoms with Crippen molar-refractivity contribution in [2.75, 3.05) is 10.8 Å². The molecule has 2 heterocycles. The Kier molecular flexibility index (Phi) is 3.93. The number of carbonyl (C=O) groups is 1. The molecule has 6 heteroatoms. The summed E-state index contributed by atoms with van der Waals surface area (Å²) in [5.41, 5.74) is 3.04. The highest BCUT2D eigenvalue weighted by Crippen LogP contribution is 2.42. The molecule has 0 amide bonds. The van der Waals surface area contributed by atoms with Gasteiger partial charge >= 0.3 is 0 Å². The van der Waals surface area contributed by atoms with Gasteiger partial charge in [-0.3, -0.25) is 9.10 Å². The van der Waals surface area contributed by atoms with E-state index in [-0.39, 0.29) is 23.3 Å². The van der Waals surface area contributed by atoms with Crippen LogP contribution in [0.25, 0.3) is 10.8 Å². The first kappa shape index (κ1) is 17.8. The van der Waals surface area contributed by atoms with Crippen LogP contribution < -0.4 is 4.31 Å². The molecule has 0 atom stereocenters. The number of sulfonamides is 1. The number of hydrogen-bond donors (Lipinski definition) is 0. The summed E-state index contributed by atoms with van der Waals surface area (Å²) in [6, 6.07) is 12.8. The molecule has 0 saturated heterocycles. The summed E-state index contributed by atoms with van der Waals surface area (Å²) in [4.78, 5) is 13.3. The zero-order valence-electron chi connectivity index (χ0n) is 15.9. The van der Waals surface area contributed by atoms with Gasteiger partial charge < -0.3 is 4.57 Å². The van der Waals surface area contributed by atoms with E-state index in [2.05, 4.69) is 18.4 Å². The van der Waals surface area contributed by atoms with Crippen LogP contribution in [0.4, 0.5) is 5.69 Å². The molecule has 140 valence electrons. The van der Waals surface area contributed by atoms with Gasteiger partial charge in [-0.1, -0.05) is 24.3 Å². The molecule has 0 aliphatic carbocycles. The Balaban J connectivity index is 1.78. The van der Waals surface area contributed by atoms with Crippen LogP contribution in [0.2, 0.25) is 0 Å². The average molecular weight is 382 g/mol. The van der Waals surface area contributed by atoms with Crippen molar-refractivity contribution in [1.82, 2.24) is 4.57 Å². The van der Waals surface area contributed by atoms with Crippen LogP contribution in [0.1, 0.15) is 41.6 Å². The van der Waals surface area contributed by atoms with Crippen LogP contribution in [0.15, 0.2) is 47.4 Å². The lowest BCUT2D eigenvalue weighted by Crippen LogP contribution is -2.33. The minimum absolute atomic E-state index is 0.191. The number of carbonyl (C=O) groups excluding carboxylic acids is 1. The van der Waals surface area contributed by atoms with Crippen molar-refractivity contribution in [1.29, 1.82) is 0 Å². The second-order valence-electron chi connectivity index (χ2n) is 7.31. The molecule has 2 aromatic carbocycles. The van der Waals surface area contributed by atoms with Crippen molar-refractivity contribution in [2.24, 2.45) is 0 Å². The third-order valence-electron chi connectivity index (χ3n) is 5.27. The summed E-state index contributed by atoms with van der Waals surface area (Å²) in [6.07, 6.45) is 0. The minimum atomic E-state index is -3.73.